The Balaban J connectivity index is 1.54. The Morgan fingerprint density at radius 3 is 2.76 bits per heavy atom. The van der Waals surface area contributed by atoms with Gasteiger partial charge in [-0.2, -0.15) is 0 Å². The second-order valence-corrected chi connectivity index (χ2v) is 5.28. The molecule has 1 aliphatic heterocycles. The van der Waals surface area contributed by atoms with Crippen molar-refractivity contribution in [1.29, 1.82) is 0 Å². The molecule has 0 fully saturated rings. The molecule has 2 heterocycles. The molecule has 130 valence electrons. The highest BCUT2D eigenvalue weighted by Crippen LogP contribution is 2.32. The van der Waals surface area contributed by atoms with Crippen LogP contribution in [-0.2, 0) is 14.3 Å². The number of carbonyl (C=O) groups excluding carboxylic acids is 2. The van der Waals surface area contributed by atoms with Crippen LogP contribution in [0.15, 0.2) is 47.1 Å². The Morgan fingerprint density at radius 1 is 1.20 bits per heavy atom. The average molecular weight is 343 g/mol. The third-order valence-electron chi connectivity index (χ3n) is 3.40. The van der Waals surface area contributed by atoms with Crippen LogP contribution in [0.2, 0.25) is 0 Å². The van der Waals surface area contributed by atoms with E-state index in [1.807, 2.05) is 0 Å². The van der Waals surface area contributed by atoms with E-state index < -0.39 is 18.0 Å². The lowest BCUT2D eigenvalue weighted by molar-refractivity contribution is -0.148. The van der Waals surface area contributed by atoms with Gasteiger partial charge in [0, 0.05) is 17.8 Å². The number of rotatable bonds is 5. The smallest absolute Gasteiger partial charge is 0.331 e. The average Bonchev–Trinajstić information content (AvgIpc) is 3.13. The Kier molecular flexibility index (Phi) is 5.03. The summed E-state index contributed by atoms with van der Waals surface area (Å²) in [5.41, 5.74) is 0.531. The van der Waals surface area contributed by atoms with Crippen molar-refractivity contribution < 1.29 is 28.2 Å². The molecule has 0 saturated carbocycles. The fraction of sp³-hybridized carbons (Fsp3) is 0.222. The summed E-state index contributed by atoms with van der Waals surface area (Å²) >= 11 is 0. The number of hydrogen-bond acceptors (Lipinski definition) is 6. The number of amides is 1. The van der Waals surface area contributed by atoms with Crippen LogP contribution in [0.1, 0.15) is 12.7 Å². The van der Waals surface area contributed by atoms with Crippen LogP contribution in [-0.4, -0.2) is 31.2 Å². The molecule has 25 heavy (non-hydrogen) atoms. The summed E-state index contributed by atoms with van der Waals surface area (Å²) in [5, 5.41) is 2.67. The van der Waals surface area contributed by atoms with E-state index in [1.54, 1.807) is 30.3 Å². The molecule has 7 nitrogen and oxygen atoms in total. The van der Waals surface area contributed by atoms with Crippen LogP contribution in [0.3, 0.4) is 0 Å². The summed E-state index contributed by atoms with van der Waals surface area (Å²) in [4.78, 5) is 23.9. The first-order valence-corrected chi connectivity index (χ1v) is 7.74. The fourth-order valence-electron chi connectivity index (χ4n) is 2.17. The molecule has 1 aromatic carbocycles. The van der Waals surface area contributed by atoms with Crippen molar-refractivity contribution in [2.45, 2.75) is 13.0 Å². The first-order valence-electron chi connectivity index (χ1n) is 7.74. The van der Waals surface area contributed by atoms with E-state index in [2.05, 4.69) is 5.32 Å². The summed E-state index contributed by atoms with van der Waals surface area (Å²) < 4.78 is 21.0. The molecule has 7 heteroatoms. The molecular weight excluding hydrogens is 326 g/mol. The van der Waals surface area contributed by atoms with Crippen LogP contribution in [0, 0.1) is 0 Å². The summed E-state index contributed by atoms with van der Waals surface area (Å²) in [6.07, 6.45) is 3.21. The van der Waals surface area contributed by atoms with Gasteiger partial charge >= 0.3 is 5.97 Å². The molecule has 1 aliphatic rings. The molecule has 0 aliphatic carbocycles. The summed E-state index contributed by atoms with van der Waals surface area (Å²) in [7, 11) is 0. The quantitative estimate of drug-likeness (QED) is 0.663. The summed E-state index contributed by atoms with van der Waals surface area (Å²) in [5.74, 6) is 0.629. The van der Waals surface area contributed by atoms with E-state index in [-0.39, 0.29) is 0 Å². The second-order valence-electron chi connectivity index (χ2n) is 5.28. The molecule has 0 radical (unpaired) electrons. The van der Waals surface area contributed by atoms with E-state index in [9.17, 15) is 9.59 Å². The number of benzene rings is 1. The maximum Gasteiger partial charge on any atom is 0.331 e. The van der Waals surface area contributed by atoms with Crippen LogP contribution in [0.4, 0.5) is 5.69 Å². The highest BCUT2D eigenvalue weighted by Gasteiger charge is 2.18. The lowest BCUT2D eigenvalue weighted by atomic mass is 10.2. The van der Waals surface area contributed by atoms with E-state index in [4.69, 9.17) is 18.6 Å². The van der Waals surface area contributed by atoms with Gasteiger partial charge in [-0.25, -0.2) is 4.79 Å². The van der Waals surface area contributed by atoms with E-state index in [1.165, 1.54) is 25.3 Å². The minimum atomic E-state index is -0.957. The highest BCUT2D eigenvalue weighted by molar-refractivity contribution is 5.96. The maximum atomic E-state index is 12.1. The van der Waals surface area contributed by atoms with Gasteiger partial charge in [0.25, 0.3) is 5.91 Å². The van der Waals surface area contributed by atoms with Crippen molar-refractivity contribution in [3.63, 3.8) is 0 Å². The molecule has 1 amide bonds. The number of esters is 1. The minimum Gasteiger partial charge on any atom is -0.486 e. The number of hydrogen-bond donors (Lipinski definition) is 1. The molecule has 3 rings (SSSR count). The van der Waals surface area contributed by atoms with Crippen molar-refractivity contribution in [3.8, 4) is 11.5 Å². The zero-order valence-corrected chi connectivity index (χ0v) is 13.6. The fourth-order valence-corrected chi connectivity index (χ4v) is 2.17. The first-order chi connectivity index (χ1) is 12.1. The highest BCUT2D eigenvalue weighted by atomic mass is 16.6. The zero-order valence-electron chi connectivity index (χ0n) is 13.6. The largest absolute Gasteiger partial charge is 0.486 e. The van der Waals surface area contributed by atoms with Gasteiger partial charge in [-0.1, -0.05) is 0 Å². The maximum absolute atomic E-state index is 12.1. The van der Waals surface area contributed by atoms with Gasteiger partial charge in [0.2, 0.25) is 0 Å². The van der Waals surface area contributed by atoms with Gasteiger partial charge < -0.3 is 23.9 Å². The van der Waals surface area contributed by atoms with E-state index in [0.29, 0.717) is 36.2 Å². The summed E-state index contributed by atoms with van der Waals surface area (Å²) in [6.45, 7) is 2.45. The topological polar surface area (TPSA) is 87.0 Å². The molecule has 1 unspecified atom stereocenters. The van der Waals surface area contributed by atoms with Gasteiger partial charge in [-0.15, -0.1) is 0 Å². The predicted octanol–water partition coefficient (Wildman–Crippen LogP) is 2.63. The second kappa shape index (κ2) is 7.57. The van der Waals surface area contributed by atoms with Gasteiger partial charge in [0.1, 0.15) is 19.0 Å². The summed E-state index contributed by atoms with van der Waals surface area (Å²) in [6, 6.07) is 8.47. The van der Waals surface area contributed by atoms with Crippen molar-refractivity contribution in [2.75, 3.05) is 18.5 Å². The number of ether oxygens (including phenoxy) is 3. The molecule has 0 saturated heterocycles. The van der Waals surface area contributed by atoms with Crippen LogP contribution in [0.25, 0.3) is 6.08 Å². The van der Waals surface area contributed by atoms with Gasteiger partial charge in [-0.3, -0.25) is 4.79 Å². The first kappa shape index (κ1) is 16.6. The number of anilines is 1. The zero-order chi connectivity index (χ0) is 17.6. The third kappa shape index (κ3) is 4.41. The van der Waals surface area contributed by atoms with Crippen molar-refractivity contribution in [1.82, 2.24) is 0 Å². The van der Waals surface area contributed by atoms with Crippen molar-refractivity contribution in [2.24, 2.45) is 0 Å². The van der Waals surface area contributed by atoms with Crippen LogP contribution < -0.4 is 14.8 Å². The minimum absolute atomic E-state index is 0.448. The van der Waals surface area contributed by atoms with E-state index in [0.717, 1.165) is 0 Å². The predicted molar refractivity (Wildman–Crippen MR) is 89.4 cm³/mol. The SMILES string of the molecule is CC(OC(=O)C=Cc1ccco1)C(=O)Nc1ccc2c(c1)OCCO2. The van der Waals surface area contributed by atoms with Crippen LogP contribution in [0.5, 0.6) is 11.5 Å². The Labute approximate surface area is 144 Å². The number of carbonyl (C=O) groups is 2. The monoisotopic (exact) mass is 343 g/mol. The molecule has 1 N–H and O–H groups in total. The van der Waals surface area contributed by atoms with Crippen molar-refractivity contribution >= 4 is 23.6 Å². The number of fused-ring (bicyclic) bond motifs is 1. The molecule has 0 bridgehead atoms. The lowest BCUT2D eigenvalue weighted by Gasteiger charge is -2.19. The Morgan fingerprint density at radius 2 is 2.00 bits per heavy atom. The van der Waals surface area contributed by atoms with Gasteiger partial charge in [0.05, 0.1) is 6.26 Å². The van der Waals surface area contributed by atoms with Gasteiger partial charge in [-0.05, 0) is 37.3 Å². The molecular formula is C18H17NO6. The lowest BCUT2D eigenvalue weighted by Crippen LogP contribution is -2.29. The third-order valence-corrected chi connectivity index (χ3v) is 3.40. The normalized spacial score (nSPS) is 14.1. The number of furan rings is 1. The molecule has 1 atom stereocenters. The van der Waals surface area contributed by atoms with Crippen molar-refractivity contribution in [3.05, 3.63) is 48.4 Å². The standard InChI is InChI=1S/C18H17NO6/c1-12(25-17(20)7-5-14-3-2-8-22-14)18(21)19-13-4-6-15-16(11-13)24-10-9-23-15/h2-8,11-12H,9-10H2,1H3,(H,19,21). The van der Waals surface area contributed by atoms with E-state index >= 15 is 0 Å². The van der Waals surface area contributed by atoms with Gasteiger partial charge in [0.15, 0.2) is 17.6 Å². The molecule has 0 spiro atoms. The van der Waals surface area contributed by atoms with Crippen LogP contribution >= 0.6 is 0 Å². The Hall–Kier alpha value is -3.22. The Bertz CT molecular complexity index is 781. The molecule has 2 aromatic rings. The molecule has 1 aromatic heterocycles. The number of nitrogens with one attached hydrogen (secondary N) is 1.